The molecule has 2 amide bonds. The molecule has 2 rings (SSSR count). The molecule has 2 heterocycles. The van der Waals surface area contributed by atoms with Gasteiger partial charge in [-0.3, -0.25) is 30.1 Å². The van der Waals surface area contributed by atoms with Crippen LogP contribution in [0, 0.1) is 0 Å². The highest BCUT2D eigenvalue weighted by molar-refractivity contribution is 8.06. The third kappa shape index (κ3) is 5.69. The SMILES string of the molecule is C=CS/C(=C\C)C(=O)NNC(=O)C1=CCCN(CC(=O)c2cccs2)C1. The molecule has 1 aromatic rings. The summed E-state index contributed by atoms with van der Waals surface area (Å²) in [4.78, 5) is 39.5. The van der Waals surface area contributed by atoms with Crippen molar-refractivity contribution in [2.45, 2.75) is 13.3 Å². The highest BCUT2D eigenvalue weighted by Crippen LogP contribution is 2.16. The molecule has 0 aliphatic carbocycles. The molecule has 0 spiro atoms. The predicted octanol–water partition coefficient (Wildman–Crippen LogP) is 2.49. The van der Waals surface area contributed by atoms with Gasteiger partial charge in [0.15, 0.2) is 5.78 Å². The molecular formula is C18H21N3O3S2. The number of nitrogens with zero attached hydrogens (tertiary/aromatic N) is 1. The summed E-state index contributed by atoms with van der Waals surface area (Å²) in [7, 11) is 0. The van der Waals surface area contributed by atoms with Crippen LogP contribution in [-0.4, -0.2) is 42.1 Å². The van der Waals surface area contributed by atoms with Crippen molar-refractivity contribution < 1.29 is 14.4 Å². The predicted molar refractivity (Wildman–Crippen MR) is 106 cm³/mol. The number of thiophene rings is 1. The third-order valence-corrected chi connectivity index (χ3v) is 5.42. The summed E-state index contributed by atoms with van der Waals surface area (Å²) >= 11 is 2.59. The molecule has 0 aromatic carbocycles. The molecular weight excluding hydrogens is 370 g/mol. The van der Waals surface area contributed by atoms with E-state index >= 15 is 0 Å². The van der Waals surface area contributed by atoms with E-state index in [1.165, 1.54) is 23.1 Å². The van der Waals surface area contributed by atoms with Gasteiger partial charge < -0.3 is 0 Å². The van der Waals surface area contributed by atoms with E-state index < -0.39 is 5.91 Å². The third-order valence-electron chi connectivity index (χ3n) is 3.67. The van der Waals surface area contributed by atoms with Gasteiger partial charge in [-0.05, 0) is 30.2 Å². The highest BCUT2D eigenvalue weighted by atomic mass is 32.2. The van der Waals surface area contributed by atoms with Gasteiger partial charge in [0.2, 0.25) is 0 Å². The maximum absolute atomic E-state index is 12.3. The van der Waals surface area contributed by atoms with Crippen molar-refractivity contribution in [1.29, 1.82) is 0 Å². The quantitative estimate of drug-likeness (QED) is 0.424. The van der Waals surface area contributed by atoms with Gasteiger partial charge in [-0.2, -0.15) is 0 Å². The first-order valence-corrected chi connectivity index (χ1v) is 9.83. The van der Waals surface area contributed by atoms with E-state index in [1.807, 2.05) is 22.4 Å². The summed E-state index contributed by atoms with van der Waals surface area (Å²) in [5.41, 5.74) is 5.35. The molecule has 0 saturated heterocycles. The largest absolute Gasteiger partial charge is 0.292 e. The van der Waals surface area contributed by atoms with Crippen LogP contribution in [0.25, 0.3) is 0 Å². The lowest BCUT2D eigenvalue weighted by Gasteiger charge is -2.25. The Hall–Kier alpha value is -2.16. The van der Waals surface area contributed by atoms with Crippen molar-refractivity contribution in [3.63, 3.8) is 0 Å². The first-order valence-electron chi connectivity index (χ1n) is 8.07. The maximum atomic E-state index is 12.3. The van der Waals surface area contributed by atoms with Crippen LogP contribution < -0.4 is 10.9 Å². The molecule has 0 radical (unpaired) electrons. The van der Waals surface area contributed by atoms with Gasteiger partial charge in [-0.1, -0.05) is 36.6 Å². The monoisotopic (exact) mass is 391 g/mol. The van der Waals surface area contributed by atoms with E-state index in [0.29, 0.717) is 23.4 Å². The van der Waals surface area contributed by atoms with Crippen LogP contribution in [0.15, 0.2) is 52.1 Å². The molecule has 0 fully saturated rings. The molecule has 0 saturated carbocycles. The summed E-state index contributed by atoms with van der Waals surface area (Å²) < 4.78 is 0. The van der Waals surface area contributed by atoms with E-state index in [9.17, 15) is 14.4 Å². The number of rotatable bonds is 7. The Morgan fingerprint density at radius 2 is 2.19 bits per heavy atom. The molecule has 138 valence electrons. The number of hydrazine groups is 1. The fourth-order valence-electron chi connectivity index (χ4n) is 2.42. The second-order valence-electron chi connectivity index (χ2n) is 5.47. The molecule has 8 heteroatoms. The van der Waals surface area contributed by atoms with Crippen molar-refractivity contribution in [2.75, 3.05) is 19.6 Å². The Morgan fingerprint density at radius 3 is 2.85 bits per heavy atom. The Bertz CT molecular complexity index is 739. The lowest BCUT2D eigenvalue weighted by atomic mass is 10.1. The molecule has 6 nitrogen and oxygen atoms in total. The van der Waals surface area contributed by atoms with Gasteiger partial charge >= 0.3 is 0 Å². The topological polar surface area (TPSA) is 78.5 Å². The number of hydrogen-bond acceptors (Lipinski definition) is 6. The Balaban J connectivity index is 1.85. The second kappa shape index (κ2) is 10.1. The average molecular weight is 392 g/mol. The molecule has 1 aliphatic heterocycles. The van der Waals surface area contributed by atoms with Crippen LogP contribution in [0.2, 0.25) is 0 Å². The summed E-state index contributed by atoms with van der Waals surface area (Å²) in [6, 6.07) is 3.65. The van der Waals surface area contributed by atoms with Crippen molar-refractivity contribution in [3.8, 4) is 0 Å². The standard InChI is InChI=1S/C18H21N3O3S2/c1-3-15(25-4-2)18(24)20-19-17(23)13-7-5-9-21(11-13)12-14(22)16-8-6-10-26-16/h3-4,6-8,10H,2,5,9,11-12H2,1H3,(H,19,23)(H,20,24)/b15-3-. The number of hydrogen-bond donors (Lipinski definition) is 2. The summed E-state index contributed by atoms with van der Waals surface area (Å²) in [6.45, 7) is 6.67. The van der Waals surface area contributed by atoms with Gasteiger partial charge in [0.05, 0.1) is 16.3 Å². The number of Topliss-reactive ketones (excluding diaryl/α,β-unsaturated/α-hetero) is 1. The van der Waals surface area contributed by atoms with Crippen LogP contribution in [-0.2, 0) is 9.59 Å². The molecule has 0 bridgehead atoms. The Kier molecular flexibility index (Phi) is 7.83. The van der Waals surface area contributed by atoms with Crippen molar-refractivity contribution in [2.24, 2.45) is 0 Å². The zero-order valence-electron chi connectivity index (χ0n) is 14.5. The van der Waals surface area contributed by atoms with E-state index in [1.54, 1.807) is 24.5 Å². The van der Waals surface area contributed by atoms with Crippen molar-refractivity contribution in [1.82, 2.24) is 15.8 Å². The van der Waals surface area contributed by atoms with Crippen molar-refractivity contribution in [3.05, 3.63) is 57.0 Å². The van der Waals surface area contributed by atoms with Crippen LogP contribution >= 0.6 is 23.1 Å². The first kappa shape index (κ1) is 20.2. The minimum Gasteiger partial charge on any atom is -0.292 e. The van der Waals surface area contributed by atoms with E-state index in [4.69, 9.17) is 0 Å². The van der Waals surface area contributed by atoms with Gasteiger partial charge in [-0.25, -0.2) is 0 Å². The molecule has 1 aromatic heterocycles. The minimum atomic E-state index is -0.396. The molecule has 0 unspecified atom stereocenters. The van der Waals surface area contributed by atoms with Gasteiger partial charge in [0.25, 0.3) is 11.8 Å². The smallest absolute Gasteiger partial charge is 0.276 e. The number of ketones is 1. The normalized spacial score (nSPS) is 15.1. The number of thioether (sulfide) groups is 1. The zero-order valence-corrected chi connectivity index (χ0v) is 16.1. The van der Waals surface area contributed by atoms with E-state index in [0.717, 1.165) is 11.4 Å². The number of carbonyl (C=O) groups excluding carboxylic acids is 3. The summed E-state index contributed by atoms with van der Waals surface area (Å²) in [5, 5.41) is 3.41. The number of nitrogens with one attached hydrogen (secondary N) is 2. The summed E-state index contributed by atoms with van der Waals surface area (Å²) in [6.07, 6.45) is 4.16. The number of carbonyl (C=O) groups is 3. The lowest BCUT2D eigenvalue weighted by molar-refractivity contribution is -0.124. The average Bonchev–Trinajstić information content (AvgIpc) is 3.19. The molecule has 2 N–H and O–H groups in total. The van der Waals surface area contributed by atoms with Crippen LogP contribution in [0.5, 0.6) is 0 Å². The number of allylic oxidation sites excluding steroid dienone is 1. The maximum Gasteiger partial charge on any atom is 0.276 e. The van der Waals surface area contributed by atoms with Gasteiger partial charge in [0, 0.05) is 18.7 Å². The second-order valence-corrected chi connectivity index (χ2v) is 7.43. The van der Waals surface area contributed by atoms with E-state index in [2.05, 4.69) is 17.4 Å². The van der Waals surface area contributed by atoms with Gasteiger partial charge in [-0.15, -0.1) is 11.3 Å². The summed E-state index contributed by atoms with van der Waals surface area (Å²) in [5.74, 6) is -0.716. The van der Waals surface area contributed by atoms with Crippen molar-refractivity contribution >= 4 is 40.7 Å². The van der Waals surface area contributed by atoms with Crippen LogP contribution in [0.3, 0.4) is 0 Å². The van der Waals surface area contributed by atoms with Crippen LogP contribution in [0.1, 0.15) is 23.0 Å². The molecule has 1 aliphatic rings. The van der Waals surface area contributed by atoms with Crippen LogP contribution in [0.4, 0.5) is 0 Å². The highest BCUT2D eigenvalue weighted by Gasteiger charge is 2.21. The fourth-order valence-corrected chi connectivity index (χ4v) is 3.55. The number of amides is 2. The van der Waals surface area contributed by atoms with Gasteiger partial charge in [0.1, 0.15) is 0 Å². The zero-order chi connectivity index (χ0) is 18.9. The lowest BCUT2D eigenvalue weighted by Crippen LogP contribution is -2.45. The molecule has 0 atom stereocenters. The van der Waals surface area contributed by atoms with E-state index in [-0.39, 0.29) is 18.2 Å². The molecule has 26 heavy (non-hydrogen) atoms. The minimum absolute atomic E-state index is 0.0501. The fraction of sp³-hybridized carbons (Fsp3) is 0.278. The Morgan fingerprint density at radius 1 is 1.38 bits per heavy atom. The first-order chi connectivity index (χ1) is 12.5. The Labute approximate surface area is 161 Å².